The number of nitrogens with zero attached hydrogens (tertiary/aromatic N) is 2. The molecule has 5 nitrogen and oxygen atoms in total. The summed E-state index contributed by atoms with van der Waals surface area (Å²) in [6.07, 6.45) is 5.80. The predicted molar refractivity (Wildman–Crippen MR) is 105 cm³/mol. The number of likely N-dealkylation sites (tertiary alicyclic amines) is 1. The van der Waals surface area contributed by atoms with Crippen molar-refractivity contribution in [2.75, 3.05) is 20.2 Å². The first kappa shape index (κ1) is 17.5. The molecule has 0 amide bonds. The molecule has 0 spiro atoms. The molecule has 1 saturated heterocycles. The molecule has 27 heavy (non-hydrogen) atoms. The van der Waals surface area contributed by atoms with E-state index in [-0.39, 0.29) is 5.78 Å². The summed E-state index contributed by atoms with van der Waals surface area (Å²) in [6.45, 7) is 3.31. The number of carbonyl (C=O) groups excluding carboxylic acids is 1. The number of nitrogens with one attached hydrogen (secondary N) is 1. The van der Waals surface area contributed by atoms with Crippen molar-refractivity contribution >= 4 is 5.78 Å². The zero-order valence-electron chi connectivity index (χ0n) is 15.4. The molecule has 1 fully saturated rings. The number of H-pyrrole nitrogens is 1. The van der Waals surface area contributed by atoms with Crippen LogP contribution < -0.4 is 4.74 Å². The predicted octanol–water partition coefficient (Wildman–Crippen LogP) is 3.91. The monoisotopic (exact) mass is 361 g/mol. The molecule has 2 heterocycles. The zero-order valence-corrected chi connectivity index (χ0v) is 15.4. The Labute approximate surface area is 159 Å². The third-order valence-corrected chi connectivity index (χ3v) is 5.04. The minimum absolute atomic E-state index is 0.110. The van der Waals surface area contributed by atoms with Crippen LogP contribution >= 0.6 is 0 Å². The summed E-state index contributed by atoms with van der Waals surface area (Å²) in [4.78, 5) is 21.8. The number of aromatic nitrogens is 2. The summed E-state index contributed by atoms with van der Waals surface area (Å²) in [6, 6.07) is 14.0. The number of imidazole rings is 1. The van der Waals surface area contributed by atoms with Crippen LogP contribution in [0.25, 0.3) is 11.1 Å². The van der Waals surface area contributed by atoms with Gasteiger partial charge in [-0.15, -0.1) is 0 Å². The van der Waals surface area contributed by atoms with Gasteiger partial charge in [-0.2, -0.15) is 0 Å². The molecular weight excluding hydrogens is 338 g/mol. The molecule has 138 valence electrons. The molecule has 0 unspecified atom stereocenters. The SMILES string of the molecule is COc1ccc(CN2CCCC2)cc1-c1ccc(C(=O)c2ncc[nH]2)cc1. The molecule has 3 aromatic rings. The van der Waals surface area contributed by atoms with Crippen molar-refractivity contribution in [1.82, 2.24) is 14.9 Å². The van der Waals surface area contributed by atoms with Crippen molar-refractivity contribution in [1.29, 1.82) is 0 Å². The number of carbonyl (C=O) groups is 1. The molecule has 1 aliphatic heterocycles. The van der Waals surface area contributed by atoms with Crippen molar-refractivity contribution in [3.63, 3.8) is 0 Å². The van der Waals surface area contributed by atoms with Gasteiger partial charge in [0.2, 0.25) is 5.78 Å². The van der Waals surface area contributed by atoms with Crippen LogP contribution in [0.2, 0.25) is 0 Å². The highest BCUT2D eigenvalue weighted by molar-refractivity contribution is 6.06. The summed E-state index contributed by atoms with van der Waals surface area (Å²) < 4.78 is 5.57. The smallest absolute Gasteiger partial charge is 0.228 e. The Kier molecular flexibility index (Phi) is 5.03. The number of benzene rings is 2. The second-order valence-corrected chi connectivity index (χ2v) is 6.86. The normalized spacial score (nSPS) is 14.4. The first-order valence-corrected chi connectivity index (χ1v) is 9.28. The minimum Gasteiger partial charge on any atom is -0.496 e. The van der Waals surface area contributed by atoms with E-state index >= 15 is 0 Å². The number of hydrogen-bond donors (Lipinski definition) is 1. The fourth-order valence-corrected chi connectivity index (χ4v) is 3.61. The Balaban J connectivity index is 1.60. The quantitative estimate of drug-likeness (QED) is 0.676. The first-order valence-electron chi connectivity index (χ1n) is 9.28. The van der Waals surface area contributed by atoms with Crippen LogP contribution in [0.15, 0.2) is 54.9 Å². The van der Waals surface area contributed by atoms with Gasteiger partial charge in [0.1, 0.15) is 5.75 Å². The third kappa shape index (κ3) is 3.78. The van der Waals surface area contributed by atoms with Crippen LogP contribution in [0.4, 0.5) is 0 Å². The maximum atomic E-state index is 12.4. The van der Waals surface area contributed by atoms with Crippen LogP contribution in [0.1, 0.15) is 34.6 Å². The van der Waals surface area contributed by atoms with E-state index in [0.717, 1.165) is 23.4 Å². The minimum atomic E-state index is -0.110. The van der Waals surface area contributed by atoms with E-state index in [1.54, 1.807) is 19.5 Å². The van der Waals surface area contributed by atoms with E-state index in [4.69, 9.17) is 4.74 Å². The number of hydrogen-bond acceptors (Lipinski definition) is 4. The van der Waals surface area contributed by atoms with Crippen LogP contribution in [0.5, 0.6) is 5.75 Å². The Hall–Kier alpha value is -2.92. The van der Waals surface area contributed by atoms with Gasteiger partial charge in [0.25, 0.3) is 0 Å². The van der Waals surface area contributed by atoms with E-state index in [9.17, 15) is 4.79 Å². The van der Waals surface area contributed by atoms with Gasteiger partial charge in [0.05, 0.1) is 7.11 Å². The Morgan fingerprint density at radius 3 is 2.59 bits per heavy atom. The van der Waals surface area contributed by atoms with E-state index in [2.05, 4.69) is 27.0 Å². The molecule has 5 heteroatoms. The van der Waals surface area contributed by atoms with Crippen molar-refractivity contribution in [2.24, 2.45) is 0 Å². The average molecular weight is 361 g/mol. The van der Waals surface area contributed by atoms with Gasteiger partial charge in [0.15, 0.2) is 5.82 Å². The molecule has 0 atom stereocenters. The van der Waals surface area contributed by atoms with Crippen molar-refractivity contribution in [2.45, 2.75) is 19.4 Å². The van der Waals surface area contributed by atoms with Crippen molar-refractivity contribution in [3.05, 3.63) is 71.8 Å². The summed E-state index contributed by atoms with van der Waals surface area (Å²) in [5.41, 5.74) is 3.97. The van der Waals surface area contributed by atoms with Gasteiger partial charge < -0.3 is 9.72 Å². The fourth-order valence-electron chi connectivity index (χ4n) is 3.61. The Morgan fingerprint density at radius 1 is 1.15 bits per heavy atom. The zero-order chi connectivity index (χ0) is 18.6. The lowest BCUT2D eigenvalue weighted by Crippen LogP contribution is -2.18. The Bertz CT molecular complexity index is 911. The topological polar surface area (TPSA) is 58.2 Å². The van der Waals surface area contributed by atoms with Gasteiger partial charge >= 0.3 is 0 Å². The molecular formula is C22H23N3O2. The molecule has 4 rings (SSSR count). The number of rotatable bonds is 6. The van der Waals surface area contributed by atoms with E-state index in [0.29, 0.717) is 11.4 Å². The lowest BCUT2D eigenvalue weighted by atomic mass is 9.99. The van der Waals surface area contributed by atoms with E-state index in [1.807, 2.05) is 30.3 Å². The molecule has 2 aromatic carbocycles. The molecule has 1 N–H and O–H groups in total. The molecule has 1 aliphatic rings. The lowest BCUT2D eigenvalue weighted by molar-refractivity contribution is 0.103. The highest BCUT2D eigenvalue weighted by Gasteiger charge is 2.15. The number of aromatic amines is 1. The van der Waals surface area contributed by atoms with Crippen molar-refractivity contribution in [3.8, 4) is 16.9 Å². The van der Waals surface area contributed by atoms with Gasteiger partial charge in [-0.3, -0.25) is 9.69 Å². The van der Waals surface area contributed by atoms with Crippen LogP contribution in [0, 0.1) is 0 Å². The Morgan fingerprint density at radius 2 is 1.93 bits per heavy atom. The average Bonchev–Trinajstić information content (AvgIpc) is 3.42. The number of ether oxygens (including phenoxy) is 1. The highest BCUT2D eigenvalue weighted by atomic mass is 16.5. The van der Waals surface area contributed by atoms with Gasteiger partial charge in [-0.25, -0.2) is 4.98 Å². The largest absolute Gasteiger partial charge is 0.496 e. The van der Waals surface area contributed by atoms with Crippen molar-refractivity contribution < 1.29 is 9.53 Å². The van der Waals surface area contributed by atoms with Crippen LogP contribution in [0.3, 0.4) is 0 Å². The summed E-state index contributed by atoms with van der Waals surface area (Å²) in [5, 5.41) is 0. The van der Waals surface area contributed by atoms with E-state index < -0.39 is 0 Å². The number of methoxy groups -OCH3 is 1. The van der Waals surface area contributed by atoms with Crippen LogP contribution in [-0.4, -0.2) is 40.9 Å². The summed E-state index contributed by atoms with van der Waals surface area (Å²) >= 11 is 0. The maximum absolute atomic E-state index is 12.4. The molecule has 0 radical (unpaired) electrons. The van der Waals surface area contributed by atoms with Gasteiger partial charge in [-0.05, 0) is 49.2 Å². The van der Waals surface area contributed by atoms with Gasteiger partial charge in [0, 0.05) is 30.1 Å². The first-order chi connectivity index (χ1) is 13.2. The second kappa shape index (κ2) is 7.76. The molecule has 0 bridgehead atoms. The number of ketones is 1. The summed E-state index contributed by atoms with van der Waals surface area (Å²) in [7, 11) is 1.69. The maximum Gasteiger partial charge on any atom is 0.228 e. The second-order valence-electron chi connectivity index (χ2n) is 6.86. The summed E-state index contributed by atoms with van der Waals surface area (Å²) in [5.74, 6) is 1.08. The third-order valence-electron chi connectivity index (χ3n) is 5.04. The molecule has 0 saturated carbocycles. The molecule has 1 aromatic heterocycles. The standard InChI is InChI=1S/C22H23N3O2/c1-27-20-9-4-16(15-25-12-2-3-13-25)14-19(20)17-5-7-18(8-6-17)21(26)22-23-10-11-24-22/h4-11,14H,2-3,12-13,15H2,1H3,(H,23,24). The lowest BCUT2D eigenvalue weighted by Gasteiger charge is -2.17. The fraction of sp³-hybridized carbons (Fsp3) is 0.273. The van der Waals surface area contributed by atoms with E-state index in [1.165, 1.54) is 31.5 Å². The van der Waals surface area contributed by atoms with Gasteiger partial charge in [-0.1, -0.05) is 30.3 Å². The molecule has 0 aliphatic carbocycles. The highest BCUT2D eigenvalue weighted by Crippen LogP contribution is 2.32. The van der Waals surface area contributed by atoms with Crippen LogP contribution in [-0.2, 0) is 6.54 Å².